The quantitative estimate of drug-likeness (QED) is 0.847. The summed E-state index contributed by atoms with van der Waals surface area (Å²) < 4.78 is 2.64. The Bertz CT molecular complexity index is 544. The zero-order valence-electron chi connectivity index (χ0n) is 8.90. The molecule has 0 bridgehead atoms. The first-order valence-corrected chi connectivity index (χ1v) is 5.92. The number of aromatic amines is 1. The summed E-state index contributed by atoms with van der Waals surface area (Å²) in [5.41, 5.74) is 0.980. The lowest BCUT2D eigenvalue weighted by Crippen LogP contribution is -1.99. The molecule has 0 aliphatic heterocycles. The molecule has 0 fully saturated rings. The molecule has 16 heavy (non-hydrogen) atoms. The molecule has 0 radical (unpaired) electrons. The second-order valence-corrected chi connectivity index (χ2v) is 4.34. The van der Waals surface area contributed by atoms with Gasteiger partial charge < -0.3 is 4.57 Å². The first-order chi connectivity index (χ1) is 7.72. The van der Waals surface area contributed by atoms with Gasteiger partial charge in [0.25, 0.3) is 0 Å². The van der Waals surface area contributed by atoms with E-state index in [0.717, 1.165) is 24.4 Å². The first-order valence-electron chi connectivity index (χ1n) is 5.13. The van der Waals surface area contributed by atoms with Crippen LogP contribution < -0.4 is 0 Å². The molecule has 1 aromatic heterocycles. The van der Waals surface area contributed by atoms with Crippen LogP contribution in [0.5, 0.6) is 0 Å². The fraction of sp³-hybridized carbons (Fsp3) is 0.273. The van der Waals surface area contributed by atoms with Crippen molar-refractivity contribution in [2.45, 2.75) is 19.9 Å². The lowest BCUT2D eigenvalue weighted by molar-refractivity contribution is 0.675. The maximum absolute atomic E-state index is 5.96. The highest BCUT2D eigenvalue weighted by Crippen LogP contribution is 2.21. The number of nitrogens with one attached hydrogen (secondary N) is 1. The van der Waals surface area contributed by atoms with Gasteiger partial charge in [-0.2, -0.15) is 5.10 Å². The molecule has 1 aromatic carbocycles. The number of hydrogen-bond acceptors (Lipinski definition) is 2. The molecule has 0 atom stereocenters. The predicted octanol–water partition coefficient (Wildman–Crippen LogP) is 3.67. The molecule has 0 unspecified atom stereocenters. The SMILES string of the molecule is CCCn1c(-c2cccc(Cl)c2)n[nH]c1=S. The zero-order chi connectivity index (χ0) is 11.5. The third kappa shape index (κ3) is 2.18. The van der Waals surface area contributed by atoms with Crippen molar-refractivity contribution < 1.29 is 0 Å². The number of halogens is 1. The van der Waals surface area contributed by atoms with Gasteiger partial charge in [-0.05, 0) is 30.8 Å². The van der Waals surface area contributed by atoms with E-state index in [2.05, 4.69) is 17.1 Å². The topological polar surface area (TPSA) is 33.6 Å². The molecule has 0 saturated carbocycles. The van der Waals surface area contributed by atoms with Crippen molar-refractivity contribution in [3.8, 4) is 11.4 Å². The standard InChI is InChI=1S/C11H12ClN3S/c1-2-6-15-10(13-14-11(15)16)8-4-3-5-9(12)7-8/h3-5,7H,2,6H2,1H3,(H,14,16). The Labute approximate surface area is 104 Å². The highest BCUT2D eigenvalue weighted by Gasteiger charge is 2.07. The van der Waals surface area contributed by atoms with E-state index in [1.54, 1.807) is 0 Å². The van der Waals surface area contributed by atoms with Crippen LogP contribution in [0, 0.1) is 4.77 Å². The lowest BCUT2D eigenvalue weighted by atomic mass is 10.2. The van der Waals surface area contributed by atoms with E-state index in [1.165, 1.54) is 0 Å². The number of benzene rings is 1. The maximum Gasteiger partial charge on any atom is 0.195 e. The molecule has 0 aliphatic rings. The van der Waals surface area contributed by atoms with Crippen molar-refractivity contribution in [3.63, 3.8) is 0 Å². The normalized spacial score (nSPS) is 10.6. The third-order valence-corrected chi connectivity index (χ3v) is 2.84. The zero-order valence-corrected chi connectivity index (χ0v) is 10.5. The monoisotopic (exact) mass is 253 g/mol. The molecule has 1 heterocycles. The largest absolute Gasteiger partial charge is 0.300 e. The van der Waals surface area contributed by atoms with Crippen molar-refractivity contribution in [2.75, 3.05) is 0 Å². The molecule has 84 valence electrons. The first kappa shape index (κ1) is 11.4. The van der Waals surface area contributed by atoms with Crippen LogP contribution >= 0.6 is 23.8 Å². The van der Waals surface area contributed by atoms with Crippen LogP contribution in [0.15, 0.2) is 24.3 Å². The second-order valence-electron chi connectivity index (χ2n) is 3.51. The van der Waals surface area contributed by atoms with Crippen molar-refractivity contribution in [1.82, 2.24) is 14.8 Å². The van der Waals surface area contributed by atoms with Crippen molar-refractivity contribution in [2.24, 2.45) is 0 Å². The average Bonchev–Trinajstić information content (AvgIpc) is 2.61. The Hall–Kier alpha value is -1.13. The molecule has 0 aliphatic carbocycles. The summed E-state index contributed by atoms with van der Waals surface area (Å²) in [5, 5.41) is 7.75. The van der Waals surface area contributed by atoms with E-state index < -0.39 is 0 Å². The minimum absolute atomic E-state index is 0.650. The van der Waals surface area contributed by atoms with Gasteiger partial charge in [-0.3, -0.25) is 5.10 Å². The van der Waals surface area contributed by atoms with Crippen LogP contribution in [0.4, 0.5) is 0 Å². The van der Waals surface area contributed by atoms with Gasteiger partial charge in [0.05, 0.1) is 0 Å². The fourth-order valence-corrected chi connectivity index (χ4v) is 2.01. The van der Waals surface area contributed by atoms with Gasteiger partial charge in [0.1, 0.15) is 0 Å². The molecular weight excluding hydrogens is 242 g/mol. The van der Waals surface area contributed by atoms with Crippen molar-refractivity contribution in [1.29, 1.82) is 0 Å². The van der Waals surface area contributed by atoms with Crippen LogP contribution in [0.1, 0.15) is 13.3 Å². The van der Waals surface area contributed by atoms with Gasteiger partial charge in [-0.25, -0.2) is 0 Å². The lowest BCUT2D eigenvalue weighted by Gasteiger charge is -2.04. The molecule has 5 heteroatoms. The summed E-state index contributed by atoms with van der Waals surface area (Å²) in [4.78, 5) is 0. The minimum atomic E-state index is 0.650. The van der Waals surface area contributed by atoms with Crippen LogP contribution in [0.2, 0.25) is 5.02 Å². The molecular formula is C11H12ClN3S. The summed E-state index contributed by atoms with van der Waals surface area (Å²) in [5.74, 6) is 0.842. The summed E-state index contributed by atoms with van der Waals surface area (Å²) in [7, 11) is 0. The number of H-pyrrole nitrogens is 1. The predicted molar refractivity (Wildman–Crippen MR) is 68.1 cm³/mol. The van der Waals surface area contributed by atoms with E-state index in [1.807, 2.05) is 28.8 Å². The molecule has 2 aromatic rings. The number of hydrogen-bond donors (Lipinski definition) is 1. The Morgan fingerprint density at radius 1 is 1.50 bits per heavy atom. The Morgan fingerprint density at radius 3 is 3.00 bits per heavy atom. The fourth-order valence-electron chi connectivity index (χ4n) is 1.60. The van der Waals surface area contributed by atoms with E-state index in [-0.39, 0.29) is 0 Å². The van der Waals surface area contributed by atoms with Crippen LogP contribution in [0.25, 0.3) is 11.4 Å². The summed E-state index contributed by atoms with van der Waals surface area (Å²) >= 11 is 11.1. The molecule has 2 rings (SSSR count). The van der Waals surface area contributed by atoms with E-state index in [4.69, 9.17) is 23.8 Å². The van der Waals surface area contributed by atoms with E-state index in [9.17, 15) is 0 Å². The van der Waals surface area contributed by atoms with E-state index >= 15 is 0 Å². The van der Waals surface area contributed by atoms with Gasteiger partial charge >= 0.3 is 0 Å². The number of nitrogens with zero attached hydrogens (tertiary/aromatic N) is 2. The van der Waals surface area contributed by atoms with Crippen LogP contribution in [-0.4, -0.2) is 14.8 Å². The van der Waals surface area contributed by atoms with Crippen LogP contribution in [0.3, 0.4) is 0 Å². The summed E-state index contributed by atoms with van der Waals surface area (Å²) in [6.07, 6.45) is 1.02. The highest BCUT2D eigenvalue weighted by molar-refractivity contribution is 7.71. The molecule has 0 spiro atoms. The van der Waals surface area contributed by atoms with Gasteiger partial charge in [-0.1, -0.05) is 30.7 Å². The summed E-state index contributed by atoms with van der Waals surface area (Å²) in [6, 6.07) is 7.61. The third-order valence-electron chi connectivity index (χ3n) is 2.29. The Morgan fingerprint density at radius 2 is 2.31 bits per heavy atom. The van der Waals surface area contributed by atoms with Crippen molar-refractivity contribution in [3.05, 3.63) is 34.1 Å². The molecule has 1 N–H and O–H groups in total. The number of rotatable bonds is 3. The highest BCUT2D eigenvalue weighted by atomic mass is 35.5. The molecule has 3 nitrogen and oxygen atoms in total. The average molecular weight is 254 g/mol. The Kier molecular flexibility index (Phi) is 3.41. The van der Waals surface area contributed by atoms with Gasteiger partial charge in [0.15, 0.2) is 10.6 Å². The van der Waals surface area contributed by atoms with Gasteiger partial charge in [0, 0.05) is 17.1 Å². The van der Waals surface area contributed by atoms with Crippen molar-refractivity contribution >= 4 is 23.8 Å². The maximum atomic E-state index is 5.96. The van der Waals surface area contributed by atoms with E-state index in [0.29, 0.717) is 9.79 Å². The molecule has 0 saturated heterocycles. The van der Waals surface area contributed by atoms with Gasteiger partial charge in [-0.15, -0.1) is 0 Å². The minimum Gasteiger partial charge on any atom is -0.300 e. The van der Waals surface area contributed by atoms with Gasteiger partial charge in [0.2, 0.25) is 0 Å². The van der Waals surface area contributed by atoms with Crippen LogP contribution in [-0.2, 0) is 6.54 Å². The molecule has 0 amide bonds. The number of aromatic nitrogens is 3. The smallest absolute Gasteiger partial charge is 0.195 e. The second kappa shape index (κ2) is 4.80. The summed E-state index contributed by atoms with van der Waals surface area (Å²) in [6.45, 7) is 2.97. The Balaban J connectivity index is 2.51.